The Morgan fingerprint density at radius 3 is 3.00 bits per heavy atom. The van der Waals surface area contributed by atoms with Crippen LogP contribution < -0.4 is 10.6 Å². The molecule has 70 valence electrons. The lowest BCUT2D eigenvalue weighted by Gasteiger charge is -2.22. The third-order valence-corrected chi connectivity index (χ3v) is 2.32. The summed E-state index contributed by atoms with van der Waals surface area (Å²) in [7, 11) is 0. The summed E-state index contributed by atoms with van der Waals surface area (Å²) in [6.07, 6.45) is 4.90. The third-order valence-electron chi connectivity index (χ3n) is 2.32. The smallest absolute Gasteiger partial charge is 0.143 e. The first kappa shape index (κ1) is 8.44. The van der Waals surface area contributed by atoms with Gasteiger partial charge in [-0.1, -0.05) is 0 Å². The molecule has 1 atom stereocenters. The van der Waals surface area contributed by atoms with Crippen LogP contribution in [0.4, 0.5) is 10.1 Å². The van der Waals surface area contributed by atoms with Crippen molar-refractivity contribution in [3.8, 4) is 0 Å². The van der Waals surface area contributed by atoms with E-state index in [1.54, 1.807) is 6.20 Å². The fraction of sp³-hybridized carbons (Fsp3) is 0.444. The van der Waals surface area contributed by atoms with E-state index in [9.17, 15) is 4.39 Å². The Labute approximate surface area is 76.4 Å². The Balaban J connectivity index is 2.24. The lowest BCUT2D eigenvalue weighted by Crippen LogP contribution is -2.36. The van der Waals surface area contributed by atoms with Gasteiger partial charge in [-0.2, -0.15) is 0 Å². The summed E-state index contributed by atoms with van der Waals surface area (Å²) in [6.45, 7) is 0.895. The van der Waals surface area contributed by atoms with Crippen molar-refractivity contribution in [2.45, 2.75) is 19.0 Å². The van der Waals surface area contributed by atoms with Crippen LogP contribution in [0, 0.1) is 5.82 Å². The molecule has 0 bridgehead atoms. The highest BCUT2D eigenvalue weighted by molar-refractivity contribution is 5.45. The van der Waals surface area contributed by atoms with E-state index >= 15 is 0 Å². The van der Waals surface area contributed by atoms with Crippen LogP contribution in [0.3, 0.4) is 0 Å². The highest BCUT2D eigenvalue weighted by Crippen LogP contribution is 2.22. The highest BCUT2D eigenvalue weighted by atomic mass is 19.1. The van der Waals surface area contributed by atoms with Crippen LogP contribution in [-0.4, -0.2) is 17.7 Å². The number of aromatic nitrogens is 1. The molecule has 0 saturated carbocycles. The fourth-order valence-corrected chi connectivity index (χ4v) is 1.67. The van der Waals surface area contributed by atoms with E-state index in [0.717, 1.165) is 25.1 Å². The van der Waals surface area contributed by atoms with Crippen LogP contribution >= 0.6 is 0 Å². The third kappa shape index (κ3) is 1.62. The molecule has 1 saturated heterocycles. The molecule has 0 spiro atoms. The molecule has 0 aromatic carbocycles. The monoisotopic (exact) mass is 181 g/mol. The van der Waals surface area contributed by atoms with Crippen LogP contribution in [0.15, 0.2) is 18.5 Å². The number of hydrogen-bond acceptors (Lipinski definition) is 3. The predicted molar refractivity (Wildman–Crippen MR) is 48.8 cm³/mol. The van der Waals surface area contributed by atoms with Gasteiger partial charge < -0.3 is 10.6 Å². The van der Waals surface area contributed by atoms with Crippen molar-refractivity contribution < 1.29 is 4.39 Å². The van der Waals surface area contributed by atoms with Crippen molar-refractivity contribution >= 4 is 5.69 Å². The van der Waals surface area contributed by atoms with E-state index in [1.807, 2.05) is 4.90 Å². The van der Waals surface area contributed by atoms with Crippen molar-refractivity contribution in [3.63, 3.8) is 0 Å². The summed E-state index contributed by atoms with van der Waals surface area (Å²) in [6, 6.07) is 1.47. The fourth-order valence-electron chi connectivity index (χ4n) is 1.67. The second-order valence-corrected chi connectivity index (χ2v) is 3.26. The number of rotatable bonds is 1. The molecule has 2 N–H and O–H groups in total. The predicted octanol–water partition coefficient (Wildman–Crippen LogP) is 1.11. The van der Waals surface area contributed by atoms with Gasteiger partial charge in [-0.3, -0.25) is 4.98 Å². The van der Waals surface area contributed by atoms with Crippen molar-refractivity contribution in [1.29, 1.82) is 0 Å². The summed E-state index contributed by atoms with van der Waals surface area (Å²) in [4.78, 5) is 5.77. The molecule has 1 aromatic rings. The Bertz CT molecular complexity index is 303. The molecule has 1 aliphatic heterocycles. The zero-order valence-electron chi connectivity index (χ0n) is 7.28. The minimum Gasteiger partial charge on any atom is -0.355 e. The molecule has 2 heterocycles. The maximum absolute atomic E-state index is 12.8. The van der Waals surface area contributed by atoms with E-state index in [2.05, 4.69) is 4.98 Å². The molecule has 4 heteroatoms. The number of nitrogens with two attached hydrogens (primary N) is 1. The number of pyridine rings is 1. The van der Waals surface area contributed by atoms with Crippen LogP contribution in [0.1, 0.15) is 12.8 Å². The Kier molecular flexibility index (Phi) is 2.14. The standard InChI is InChI=1S/C9H12FN3/c10-7-4-8(6-12-5-7)13-3-1-2-9(13)11/h4-6,9H,1-3,11H2. The zero-order chi connectivity index (χ0) is 9.26. The van der Waals surface area contributed by atoms with E-state index in [1.165, 1.54) is 12.3 Å². The van der Waals surface area contributed by atoms with Gasteiger partial charge in [0.05, 0.1) is 24.2 Å². The molecule has 1 aromatic heterocycles. The lowest BCUT2D eigenvalue weighted by molar-refractivity contribution is 0.618. The quantitative estimate of drug-likeness (QED) is 0.705. The molecule has 0 radical (unpaired) electrons. The lowest BCUT2D eigenvalue weighted by atomic mass is 10.3. The molecule has 2 rings (SSSR count). The number of anilines is 1. The van der Waals surface area contributed by atoms with Crippen LogP contribution in [0.2, 0.25) is 0 Å². The number of hydrogen-bond donors (Lipinski definition) is 1. The SMILES string of the molecule is NC1CCCN1c1cncc(F)c1. The van der Waals surface area contributed by atoms with Gasteiger partial charge in [0.15, 0.2) is 0 Å². The van der Waals surface area contributed by atoms with Crippen LogP contribution in [0.25, 0.3) is 0 Å². The molecule has 1 aliphatic rings. The number of nitrogens with zero attached hydrogens (tertiary/aromatic N) is 2. The first-order valence-electron chi connectivity index (χ1n) is 4.40. The molecule has 3 nitrogen and oxygen atoms in total. The molecule has 0 aliphatic carbocycles. The van der Waals surface area contributed by atoms with Gasteiger partial charge in [0.25, 0.3) is 0 Å². The van der Waals surface area contributed by atoms with E-state index in [-0.39, 0.29) is 12.0 Å². The van der Waals surface area contributed by atoms with Crippen molar-refractivity contribution in [3.05, 3.63) is 24.3 Å². The first-order valence-corrected chi connectivity index (χ1v) is 4.40. The van der Waals surface area contributed by atoms with Gasteiger partial charge >= 0.3 is 0 Å². The largest absolute Gasteiger partial charge is 0.355 e. The highest BCUT2D eigenvalue weighted by Gasteiger charge is 2.21. The van der Waals surface area contributed by atoms with Gasteiger partial charge in [0, 0.05) is 12.6 Å². The minimum atomic E-state index is -0.309. The Morgan fingerprint density at radius 1 is 1.54 bits per heavy atom. The van der Waals surface area contributed by atoms with Gasteiger partial charge in [-0.15, -0.1) is 0 Å². The van der Waals surface area contributed by atoms with Gasteiger partial charge in [0.1, 0.15) is 5.82 Å². The second kappa shape index (κ2) is 3.30. The van der Waals surface area contributed by atoms with E-state index < -0.39 is 0 Å². The Morgan fingerprint density at radius 2 is 2.38 bits per heavy atom. The maximum atomic E-state index is 12.8. The molecule has 1 unspecified atom stereocenters. The summed E-state index contributed by atoms with van der Waals surface area (Å²) < 4.78 is 12.8. The van der Waals surface area contributed by atoms with Gasteiger partial charge in [-0.05, 0) is 12.8 Å². The van der Waals surface area contributed by atoms with Crippen LogP contribution in [-0.2, 0) is 0 Å². The average molecular weight is 181 g/mol. The molecular weight excluding hydrogens is 169 g/mol. The molecule has 1 fully saturated rings. The maximum Gasteiger partial charge on any atom is 0.143 e. The van der Waals surface area contributed by atoms with Crippen molar-refractivity contribution in [1.82, 2.24) is 4.98 Å². The van der Waals surface area contributed by atoms with Crippen LogP contribution in [0.5, 0.6) is 0 Å². The average Bonchev–Trinajstić information content (AvgIpc) is 2.51. The summed E-state index contributed by atoms with van der Waals surface area (Å²) in [5.74, 6) is -0.309. The molecular formula is C9H12FN3. The summed E-state index contributed by atoms with van der Waals surface area (Å²) in [5.41, 5.74) is 6.62. The summed E-state index contributed by atoms with van der Waals surface area (Å²) >= 11 is 0. The zero-order valence-corrected chi connectivity index (χ0v) is 7.28. The molecule has 0 amide bonds. The van der Waals surface area contributed by atoms with Crippen molar-refractivity contribution in [2.24, 2.45) is 5.73 Å². The van der Waals surface area contributed by atoms with E-state index in [4.69, 9.17) is 5.73 Å². The van der Waals surface area contributed by atoms with Gasteiger partial charge in [0.2, 0.25) is 0 Å². The first-order chi connectivity index (χ1) is 6.27. The Hall–Kier alpha value is -1.16. The second-order valence-electron chi connectivity index (χ2n) is 3.26. The topological polar surface area (TPSA) is 42.1 Å². The summed E-state index contributed by atoms with van der Waals surface area (Å²) in [5, 5.41) is 0. The minimum absolute atomic E-state index is 0.0172. The molecule has 13 heavy (non-hydrogen) atoms. The van der Waals surface area contributed by atoms with Crippen molar-refractivity contribution in [2.75, 3.05) is 11.4 Å². The normalized spacial score (nSPS) is 22.3. The van der Waals surface area contributed by atoms with E-state index in [0.29, 0.717) is 0 Å². The van der Waals surface area contributed by atoms with Gasteiger partial charge in [-0.25, -0.2) is 4.39 Å². The number of halogens is 1.